The maximum Gasteiger partial charge on any atom is 0.261 e. The van der Waals surface area contributed by atoms with Crippen molar-refractivity contribution in [2.24, 2.45) is 0 Å². The molecule has 0 spiro atoms. The number of hydrogen-bond donors (Lipinski definition) is 1. The smallest absolute Gasteiger partial charge is 0.261 e. The minimum Gasteiger partial charge on any atom is -0.467 e. The molecular formula is C13H15NO3S. The quantitative estimate of drug-likeness (QED) is 0.904. The van der Waals surface area contributed by atoms with E-state index in [0.29, 0.717) is 17.2 Å². The van der Waals surface area contributed by atoms with Crippen LogP contribution in [0.15, 0.2) is 34.3 Å². The van der Waals surface area contributed by atoms with Gasteiger partial charge in [0.2, 0.25) is 0 Å². The maximum atomic E-state index is 11.9. The zero-order valence-electron chi connectivity index (χ0n) is 10.3. The topological polar surface area (TPSA) is 51.5 Å². The number of nitrogens with one attached hydrogen (secondary N) is 1. The number of amides is 1. The number of ether oxygens (including phenoxy) is 1. The van der Waals surface area contributed by atoms with Crippen molar-refractivity contribution in [3.05, 3.63) is 46.0 Å². The molecule has 0 fully saturated rings. The number of thiophene rings is 1. The highest BCUT2D eigenvalue weighted by Gasteiger charge is 2.15. The second-order valence-corrected chi connectivity index (χ2v) is 4.85. The molecule has 1 unspecified atom stereocenters. The molecule has 1 atom stereocenters. The van der Waals surface area contributed by atoms with Crippen LogP contribution in [0.25, 0.3) is 0 Å². The lowest BCUT2D eigenvalue weighted by Crippen LogP contribution is -2.28. The van der Waals surface area contributed by atoms with Gasteiger partial charge in [-0.3, -0.25) is 4.79 Å². The number of hydrogen-bond acceptors (Lipinski definition) is 4. The molecule has 0 saturated carbocycles. The van der Waals surface area contributed by atoms with Gasteiger partial charge in [-0.25, -0.2) is 0 Å². The molecule has 1 amide bonds. The van der Waals surface area contributed by atoms with Crippen molar-refractivity contribution in [1.82, 2.24) is 5.32 Å². The summed E-state index contributed by atoms with van der Waals surface area (Å²) < 4.78 is 10.5. The van der Waals surface area contributed by atoms with Crippen LogP contribution in [-0.2, 0) is 4.74 Å². The van der Waals surface area contributed by atoms with Gasteiger partial charge in [-0.1, -0.05) is 0 Å². The van der Waals surface area contributed by atoms with E-state index in [4.69, 9.17) is 9.15 Å². The number of methoxy groups -OCH3 is 1. The Bertz CT molecular complexity index is 504. The van der Waals surface area contributed by atoms with Gasteiger partial charge < -0.3 is 14.5 Å². The van der Waals surface area contributed by atoms with E-state index >= 15 is 0 Å². The molecule has 0 aliphatic carbocycles. The fraction of sp³-hybridized carbons (Fsp3) is 0.308. The molecule has 0 aliphatic heterocycles. The summed E-state index contributed by atoms with van der Waals surface area (Å²) in [6.45, 7) is 2.36. The number of aryl methyl sites for hydroxylation is 1. The lowest BCUT2D eigenvalue weighted by Gasteiger charge is -2.13. The molecule has 2 aromatic heterocycles. The van der Waals surface area contributed by atoms with Gasteiger partial charge in [-0.05, 0) is 36.1 Å². The van der Waals surface area contributed by atoms with Gasteiger partial charge in [-0.2, -0.15) is 0 Å². The van der Waals surface area contributed by atoms with Crippen molar-refractivity contribution in [1.29, 1.82) is 0 Å². The average Bonchev–Trinajstić information content (AvgIpc) is 3.01. The van der Waals surface area contributed by atoms with Crippen LogP contribution >= 0.6 is 11.3 Å². The van der Waals surface area contributed by atoms with Crippen molar-refractivity contribution >= 4 is 17.2 Å². The fourth-order valence-electron chi connectivity index (χ4n) is 1.60. The Kier molecular flexibility index (Phi) is 4.17. The van der Waals surface area contributed by atoms with E-state index in [1.165, 1.54) is 11.3 Å². The predicted octanol–water partition coefficient (Wildman–Crippen LogP) is 2.77. The van der Waals surface area contributed by atoms with Crippen LogP contribution in [-0.4, -0.2) is 19.6 Å². The van der Waals surface area contributed by atoms with Crippen molar-refractivity contribution < 1.29 is 13.9 Å². The second kappa shape index (κ2) is 5.84. The summed E-state index contributed by atoms with van der Waals surface area (Å²) in [4.78, 5) is 12.6. The molecule has 2 aromatic rings. The minimum atomic E-state index is -0.259. The summed E-state index contributed by atoms with van der Waals surface area (Å²) in [5.74, 6) is 0.627. The van der Waals surface area contributed by atoms with Crippen LogP contribution in [0.3, 0.4) is 0 Å². The summed E-state index contributed by atoms with van der Waals surface area (Å²) in [5, 5.41) is 4.79. The van der Waals surface area contributed by atoms with Crippen LogP contribution in [0.5, 0.6) is 0 Å². The molecule has 1 N–H and O–H groups in total. The Balaban J connectivity index is 1.92. The third-order valence-electron chi connectivity index (χ3n) is 2.55. The molecule has 0 aliphatic rings. The minimum absolute atomic E-state index is 0.0818. The summed E-state index contributed by atoms with van der Waals surface area (Å²) in [7, 11) is 1.59. The third-order valence-corrected chi connectivity index (χ3v) is 3.59. The van der Waals surface area contributed by atoms with E-state index in [1.54, 1.807) is 19.4 Å². The fourth-order valence-corrected chi connectivity index (χ4v) is 2.41. The molecule has 2 heterocycles. The molecule has 2 rings (SSSR count). The predicted molar refractivity (Wildman–Crippen MR) is 69.8 cm³/mol. The largest absolute Gasteiger partial charge is 0.467 e. The van der Waals surface area contributed by atoms with E-state index in [0.717, 1.165) is 5.56 Å². The Morgan fingerprint density at radius 1 is 1.61 bits per heavy atom. The van der Waals surface area contributed by atoms with Gasteiger partial charge in [0.1, 0.15) is 11.9 Å². The molecule has 0 radical (unpaired) electrons. The highest BCUT2D eigenvalue weighted by Crippen LogP contribution is 2.17. The first-order valence-corrected chi connectivity index (χ1v) is 6.48. The van der Waals surface area contributed by atoms with Crippen molar-refractivity contribution in [2.45, 2.75) is 13.0 Å². The molecular weight excluding hydrogens is 250 g/mol. The van der Waals surface area contributed by atoms with Gasteiger partial charge in [0.25, 0.3) is 5.91 Å². The lowest BCUT2D eigenvalue weighted by atomic mass is 10.2. The summed E-state index contributed by atoms with van der Waals surface area (Å²) >= 11 is 1.44. The average molecular weight is 265 g/mol. The highest BCUT2D eigenvalue weighted by molar-refractivity contribution is 7.12. The SMILES string of the molecule is COC(CNC(=O)c1cc(C)cs1)c1ccco1. The van der Waals surface area contributed by atoms with Crippen molar-refractivity contribution in [2.75, 3.05) is 13.7 Å². The first kappa shape index (κ1) is 12.9. The van der Waals surface area contributed by atoms with E-state index in [-0.39, 0.29) is 12.0 Å². The van der Waals surface area contributed by atoms with Gasteiger partial charge >= 0.3 is 0 Å². The maximum absolute atomic E-state index is 11.9. The van der Waals surface area contributed by atoms with Crippen LogP contribution in [0.1, 0.15) is 27.1 Å². The van der Waals surface area contributed by atoms with Gasteiger partial charge in [0, 0.05) is 7.11 Å². The molecule has 0 bridgehead atoms. The monoisotopic (exact) mass is 265 g/mol. The first-order valence-electron chi connectivity index (χ1n) is 5.60. The van der Waals surface area contributed by atoms with E-state index in [1.807, 2.05) is 24.4 Å². The Labute approximate surface area is 110 Å². The molecule has 4 nitrogen and oxygen atoms in total. The Morgan fingerprint density at radius 2 is 2.44 bits per heavy atom. The van der Waals surface area contributed by atoms with Gasteiger partial charge in [0.05, 0.1) is 17.7 Å². The third kappa shape index (κ3) is 3.00. The van der Waals surface area contributed by atoms with Gasteiger partial charge in [-0.15, -0.1) is 11.3 Å². The van der Waals surface area contributed by atoms with Crippen LogP contribution in [0.4, 0.5) is 0 Å². The molecule has 96 valence electrons. The number of furan rings is 1. The molecule has 18 heavy (non-hydrogen) atoms. The number of rotatable bonds is 5. The lowest BCUT2D eigenvalue weighted by molar-refractivity contribution is 0.0740. The van der Waals surface area contributed by atoms with Gasteiger partial charge in [0.15, 0.2) is 0 Å². The standard InChI is InChI=1S/C13H15NO3S/c1-9-6-12(18-8-9)13(15)14-7-11(16-2)10-4-3-5-17-10/h3-6,8,11H,7H2,1-2H3,(H,14,15). The van der Waals surface area contributed by atoms with Crippen LogP contribution in [0, 0.1) is 6.92 Å². The van der Waals surface area contributed by atoms with E-state index < -0.39 is 0 Å². The van der Waals surface area contributed by atoms with Crippen molar-refractivity contribution in [3.63, 3.8) is 0 Å². The molecule has 0 aromatic carbocycles. The first-order chi connectivity index (χ1) is 8.70. The number of carbonyl (C=O) groups is 1. The zero-order chi connectivity index (χ0) is 13.0. The zero-order valence-corrected chi connectivity index (χ0v) is 11.1. The number of carbonyl (C=O) groups excluding carboxylic acids is 1. The normalized spacial score (nSPS) is 12.3. The second-order valence-electron chi connectivity index (χ2n) is 3.94. The van der Waals surface area contributed by atoms with Crippen LogP contribution in [0.2, 0.25) is 0 Å². The summed E-state index contributed by atoms with van der Waals surface area (Å²) in [6, 6.07) is 5.50. The Hall–Kier alpha value is -1.59. The highest BCUT2D eigenvalue weighted by atomic mass is 32.1. The van der Waals surface area contributed by atoms with E-state index in [9.17, 15) is 4.79 Å². The summed E-state index contributed by atoms with van der Waals surface area (Å²) in [5.41, 5.74) is 1.10. The van der Waals surface area contributed by atoms with Crippen LogP contribution < -0.4 is 5.32 Å². The van der Waals surface area contributed by atoms with Crippen molar-refractivity contribution in [3.8, 4) is 0 Å². The Morgan fingerprint density at radius 3 is 3.00 bits per heavy atom. The molecule has 0 saturated heterocycles. The summed E-state index contributed by atoms with van der Waals surface area (Å²) in [6.07, 6.45) is 1.33. The van der Waals surface area contributed by atoms with E-state index in [2.05, 4.69) is 5.32 Å². The molecule has 5 heteroatoms.